The van der Waals surface area contributed by atoms with Crippen molar-refractivity contribution in [3.05, 3.63) is 108 Å². The Kier molecular flexibility index (Phi) is 7.31. The third kappa shape index (κ3) is 3.93. The van der Waals surface area contributed by atoms with E-state index in [2.05, 4.69) is 142 Å². The van der Waals surface area contributed by atoms with E-state index in [-0.39, 0.29) is 10.8 Å². The third-order valence-corrected chi connectivity index (χ3v) is 8.63. The number of anilines is 1. The Morgan fingerprint density at radius 1 is 0.714 bits per heavy atom. The zero-order valence-corrected chi connectivity index (χ0v) is 22.4. The molecule has 0 saturated carbocycles. The minimum absolute atomic E-state index is 0.0988. The van der Waals surface area contributed by atoms with Crippen LogP contribution in [0.1, 0.15) is 64.5 Å². The first-order valence-corrected chi connectivity index (χ1v) is 13.3. The van der Waals surface area contributed by atoms with E-state index >= 15 is 0 Å². The van der Waals surface area contributed by atoms with Gasteiger partial charge in [0, 0.05) is 41.6 Å². The highest BCUT2D eigenvalue weighted by molar-refractivity contribution is 6.03. The van der Waals surface area contributed by atoms with Crippen molar-refractivity contribution in [2.75, 3.05) is 19.0 Å². The molecule has 35 heavy (non-hydrogen) atoms. The Bertz CT molecular complexity index is 1210. The number of fused-ring (bicyclic) bond motifs is 2. The maximum atomic E-state index is 2.37. The lowest BCUT2D eigenvalue weighted by Gasteiger charge is -2.30. The van der Waals surface area contributed by atoms with Gasteiger partial charge < -0.3 is 4.90 Å². The highest BCUT2D eigenvalue weighted by Gasteiger charge is 2.47. The van der Waals surface area contributed by atoms with Gasteiger partial charge in [0.15, 0.2) is 5.71 Å². The molecule has 0 radical (unpaired) electrons. The number of rotatable bonds is 8. The highest BCUT2D eigenvalue weighted by atomic mass is 15.2. The molecule has 0 amide bonds. The summed E-state index contributed by atoms with van der Waals surface area (Å²) in [7, 11) is 4.40. The van der Waals surface area contributed by atoms with Gasteiger partial charge in [-0.2, -0.15) is 4.58 Å². The number of hydrogen-bond donors (Lipinski definition) is 0. The summed E-state index contributed by atoms with van der Waals surface area (Å²) in [5.74, 6) is 0. The molecule has 0 spiro atoms. The Labute approximate surface area is 212 Å². The van der Waals surface area contributed by atoms with Crippen molar-refractivity contribution in [3.8, 4) is 0 Å². The minimum atomic E-state index is 0.0988. The van der Waals surface area contributed by atoms with Crippen LogP contribution in [-0.2, 0) is 10.8 Å². The second-order valence-corrected chi connectivity index (χ2v) is 9.80. The maximum Gasteiger partial charge on any atom is 0.209 e. The van der Waals surface area contributed by atoms with E-state index in [1.165, 1.54) is 33.9 Å². The predicted molar refractivity (Wildman–Crippen MR) is 152 cm³/mol. The van der Waals surface area contributed by atoms with Crippen molar-refractivity contribution in [1.29, 1.82) is 0 Å². The van der Waals surface area contributed by atoms with E-state index in [1.807, 2.05) is 0 Å². The highest BCUT2D eigenvalue weighted by Crippen LogP contribution is 2.51. The Balaban J connectivity index is 1.53. The van der Waals surface area contributed by atoms with Crippen LogP contribution >= 0.6 is 0 Å². The smallest absolute Gasteiger partial charge is 0.209 e. The van der Waals surface area contributed by atoms with E-state index in [9.17, 15) is 0 Å². The van der Waals surface area contributed by atoms with Crippen molar-refractivity contribution in [2.45, 2.75) is 64.2 Å². The zero-order valence-electron chi connectivity index (χ0n) is 22.4. The van der Waals surface area contributed by atoms with Crippen LogP contribution in [-0.4, -0.2) is 24.4 Å². The third-order valence-electron chi connectivity index (χ3n) is 8.63. The van der Waals surface area contributed by atoms with E-state index < -0.39 is 0 Å². The van der Waals surface area contributed by atoms with E-state index in [1.54, 1.807) is 0 Å². The van der Waals surface area contributed by atoms with Gasteiger partial charge in [-0.3, -0.25) is 0 Å². The molecule has 2 aromatic carbocycles. The summed E-state index contributed by atoms with van der Waals surface area (Å²) >= 11 is 0. The number of hydrogen-bond acceptors (Lipinski definition) is 1. The molecule has 2 aliphatic rings. The van der Waals surface area contributed by atoms with Gasteiger partial charge in [-0.05, 0) is 43.4 Å². The van der Waals surface area contributed by atoms with Crippen LogP contribution < -0.4 is 4.90 Å². The second-order valence-electron chi connectivity index (χ2n) is 9.80. The number of benzene rings is 2. The molecule has 0 bridgehead atoms. The van der Waals surface area contributed by atoms with Gasteiger partial charge >= 0.3 is 0 Å². The molecular weight excluding hydrogens is 424 g/mol. The summed E-state index contributed by atoms with van der Waals surface area (Å²) in [6, 6.07) is 17.7. The molecule has 0 saturated heterocycles. The lowest BCUT2D eigenvalue weighted by molar-refractivity contribution is -0.401. The van der Waals surface area contributed by atoms with E-state index in [4.69, 9.17) is 0 Å². The van der Waals surface area contributed by atoms with Gasteiger partial charge in [0.05, 0.1) is 5.41 Å². The largest absolute Gasteiger partial charge is 0.347 e. The fourth-order valence-corrected chi connectivity index (χ4v) is 6.53. The van der Waals surface area contributed by atoms with Crippen molar-refractivity contribution in [2.24, 2.45) is 0 Å². The Morgan fingerprint density at radius 3 is 1.97 bits per heavy atom. The standard InChI is InChI=1S/C33H41N2/c1-7-32(8-2)26-20-16-18-22-28(26)34(5)30(32)24-14-12-11-13-15-25-31-33(9-3,10-4)27-21-17-19-23-29(27)35(31)6/h11-25H,7-10H2,1-6H3/q+1. The summed E-state index contributed by atoms with van der Waals surface area (Å²) in [5.41, 5.74) is 8.57. The van der Waals surface area contributed by atoms with Gasteiger partial charge in [0.1, 0.15) is 7.05 Å². The Hall–Kier alpha value is -3.13. The SMILES string of the molecule is CCC1(CC)C(=CC=CC=CC=CC2=[N+](C)c3ccccc3C2(CC)CC)N(C)c2ccccc21. The van der Waals surface area contributed by atoms with Gasteiger partial charge in [0.25, 0.3) is 0 Å². The molecule has 182 valence electrons. The number of allylic oxidation sites excluding steroid dienone is 8. The fraction of sp³-hybridized carbons (Fsp3) is 0.364. The fourth-order valence-electron chi connectivity index (χ4n) is 6.53. The lowest BCUT2D eigenvalue weighted by Crippen LogP contribution is -2.32. The molecule has 4 rings (SSSR count). The van der Waals surface area contributed by atoms with E-state index in [0.717, 1.165) is 25.7 Å². The van der Waals surface area contributed by atoms with Crippen LogP contribution in [0.5, 0.6) is 0 Å². The van der Waals surface area contributed by atoms with Crippen LogP contribution in [0.2, 0.25) is 0 Å². The van der Waals surface area contributed by atoms with Crippen LogP contribution in [0.3, 0.4) is 0 Å². The topological polar surface area (TPSA) is 6.25 Å². The Morgan fingerprint density at radius 2 is 1.29 bits per heavy atom. The van der Waals surface area contributed by atoms with Crippen LogP contribution in [0, 0.1) is 0 Å². The molecule has 0 atom stereocenters. The first kappa shape index (κ1) is 25.0. The molecule has 0 N–H and O–H groups in total. The summed E-state index contributed by atoms with van der Waals surface area (Å²) < 4.78 is 2.37. The van der Waals surface area contributed by atoms with Gasteiger partial charge in [-0.25, -0.2) is 0 Å². The molecule has 2 nitrogen and oxygen atoms in total. The number of para-hydroxylation sites is 2. The second kappa shape index (κ2) is 10.2. The van der Waals surface area contributed by atoms with Gasteiger partial charge in [-0.15, -0.1) is 0 Å². The molecule has 2 heteroatoms. The molecule has 0 aromatic heterocycles. The number of likely N-dealkylation sites (N-methyl/N-ethyl adjacent to an activating group) is 1. The molecule has 2 heterocycles. The molecule has 2 aliphatic heterocycles. The molecule has 2 aromatic rings. The molecular formula is C33H41N2+. The van der Waals surface area contributed by atoms with Crippen molar-refractivity contribution < 1.29 is 4.58 Å². The minimum Gasteiger partial charge on any atom is -0.347 e. The van der Waals surface area contributed by atoms with Crippen LogP contribution in [0.25, 0.3) is 0 Å². The summed E-state index contributed by atoms with van der Waals surface area (Å²) in [6.07, 6.45) is 19.8. The summed E-state index contributed by atoms with van der Waals surface area (Å²) in [6.45, 7) is 9.24. The maximum absolute atomic E-state index is 2.37. The lowest BCUT2D eigenvalue weighted by atomic mass is 9.73. The van der Waals surface area contributed by atoms with Crippen molar-refractivity contribution >= 4 is 17.1 Å². The predicted octanol–water partition coefficient (Wildman–Crippen LogP) is 8.23. The van der Waals surface area contributed by atoms with Gasteiger partial charge in [-0.1, -0.05) is 94.5 Å². The molecule has 0 unspecified atom stereocenters. The zero-order chi connectivity index (χ0) is 25.1. The average molecular weight is 466 g/mol. The van der Waals surface area contributed by atoms with Crippen molar-refractivity contribution in [1.82, 2.24) is 0 Å². The van der Waals surface area contributed by atoms with Crippen LogP contribution in [0.4, 0.5) is 11.4 Å². The van der Waals surface area contributed by atoms with Gasteiger partial charge in [0.2, 0.25) is 5.69 Å². The van der Waals surface area contributed by atoms with E-state index in [0.29, 0.717) is 0 Å². The van der Waals surface area contributed by atoms with Crippen molar-refractivity contribution in [3.63, 3.8) is 0 Å². The first-order chi connectivity index (χ1) is 17.0. The summed E-state index contributed by atoms with van der Waals surface area (Å²) in [5, 5.41) is 0. The quantitative estimate of drug-likeness (QED) is 0.281. The molecule has 0 fully saturated rings. The molecule has 0 aliphatic carbocycles. The average Bonchev–Trinajstić information content (AvgIpc) is 3.29. The summed E-state index contributed by atoms with van der Waals surface area (Å²) in [4.78, 5) is 2.37. The normalized spacial score (nSPS) is 19.6. The number of nitrogens with zero attached hydrogens (tertiary/aromatic N) is 2. The van der Waals surface area contributed by atoms with Crippen LogP contribution in [0.15, 0.2) is 96.8 Å². The first-order valence-electron chi connectivity index (χ1n) is 13.3. The monoisotopic (exact) mass is 465 g/mol.